The van der Waals surface area contributed by atoms with Gasteiger partial charge in [0.05, 0.1) is 4.11 Å². The summed E-state index contributed by atoms with van der Waals surface area (Å²) in [6, 6.07) is 0. The van der Waals surface area contributed by atoms with Gasteiger partial charge in [0.2, 0.25) is 0 Å². The summed E-state index contributed by atoms with van der Waals surface area (Å²) < 4.78 is 6.55. The van der Waals surface area contributed by atoms with Crippen LogP contribution >= 0.6 is 22.6 Å². The summed E-state index contributed by atoms with van der Waals surface area (Å²) in [5, 5.41) is 0.325. The molecule has 0 saturated heterocycles. The van der Waals surface area contributed by atoms with Crippen molar-refractivity contribution in [2.45, 2.75) is 56.9 Å². The van der Waals surface area contributed by atoms with Crippen molar-refractivity contribution >= 4 is 30.9 Å². The molecule has 0 aromatic carbocycles. The van der Waals surface area contributed by atoms with E-state index in [9.17, 15) is 0 Å². The molecule has 0 aromatic heterocycles. The van der Waals surface area contributed by atoms with Crippen LogP contribution in [-0.2, 0) is 4.43 Å². The predicted octanol–water partition coefficient (Wildman–Crippen LogP) is 4.43. The molecular weight excluding hydrogens is 291 g/mol. The maximum atomic E-state index is 6.19. The van der Waals surface area contributed by atoms with Crippen LogP contribution in [0, 0.1) is 5.92 Å². The van der Waals surface area contributed by atoms with Crippen LogP contribution in [0.15, 0.2) is 0 Å². The van der Waals surface area contributed by atoms with Crippen LogP contribution in [0.1, 0.15) is 34.6 Å². The average molecular weight is 314 g/mol. The van der Waals surface area contributed by atoms with Crippen LogP contribution in [-0.4, -0.2) is 12.4 Å². The number of hydrogen-bond acceptors (Lipinski definition) is 1. The van der Waals surface area contributed by atoms with Gasteiger partial charge in [0, 0.05) is 0 Å². The second-order valence-corrected chi connectivity index (χ2v) is 11.5. The SMILES string of the molecule is CC(C)C(I)O[Si](C)(C)C(C)(C)C. The molecule has 1 nitrogen and oxygen atoms in total. The molecule has 0 heterocycles. The molecule has 1 unspecified atom stereocenters. The highest BCUT2D eigenvalue weighted by Crippen LogP contribution is 2.38. The minimum absolute atomic E-state index is 0.325. The first kappa shape index (κ1) is 13.9. The molecule has 0 aromatic rings. The Kier molecular flexibility index (Phi) is 4.94. The molecule has 0 rings (SSSR count). The summed E-state index contributed by atoms with van der Waals surface area (Å²) in [4.78, 5) is 0. The zero-order valence-electron chi connectivity index (χ0n) is 9.94. The lowest BCUT2D eigenvalue weighted by Crippen LogP contribution is -2.43. The predicted molar refractivity (Wildman–Crippen MR) is 70.9 cm³/mol. The molecule has 0 aliphatic carbocycles. The van der Waals surface area contributed by atoms with E-state index in [-0.39, 0.29) is 0 Å². The summed E-state index contributed by atoms with van der Waals surface area (Å²) in [5.41, 5.74) is 0. The lowest BCUT2D eigenvalue weighted by atomic mass is 10.2. The topological polar surface area (TPSA) is 9.23 Å². The second-order valence-electron chi connectivity index (χ2n) is 5.47. The van der Waals surface area contributed by atoms with Crippen molar-refractivity contribution in [1.82, 2.24) is 0 Å². The van der Waals surface area contributed by atoms with Crippen LogP contribution in [0.5, 0.6) is 0 Å². The van der Waals surface area contributed by atoms with Crippen LogP contribution in [0.25, 0.3) is 0 Å². The number of hydrogen-bond donors (Lipinski definition) is 0. The standard InChI is InChI=1S/C10H23IOSi/c1-8(2)9(11)12-13(6,7)10(3,4)5/h8-9H,1-7H3. The molecule has 1 atom stereocenters. The smallest absolute Gasteiger partial charge is 0.193 e. The molecule has 0 aliphatic rings. The normalized spacial score (nSPS) is 16.4. The van der Waals surface area contributed by atoms with Crippen molar-refractivity contribution < 1.29 is 4.43 Å². The molecule has 0 N–H and O–H groups in total. The summed E-state index contributed by atoms with van der Waals surface area (Å²) in [7, 11) is -1.54. The van der Waals surface area contributed by atoms with Crippen molar-refractivity contribution in [1.29, 1.82) is 0 Å². The Bertz CT molecular complexity index is 161. The van der Waals surface area contributed by atoms with Crippen LogP contribution < -0.4 is 0 Å². The fourth-order valence-electron chi connectivity index (χ4n) is 0.594. The maximum Gasteiger partial charge on any atom is 0.193 e. The lowest BCUT2D eigenvalue weighted by molar-refractivity contribution is 0.229. The molecule has 0 radical (unpaired) electrons. The Balaban J connectivity index is 4.34. The molecule has 80 valence electrons. The molecule has 0 aliphatic heterocycles. The van der Waals surface area contributed by atoms with E-state index in [4.69, 9.17) is 4.43 Å². The zero-order valence-corrected chi connectivity index (χ0v) is 13.1. The van der Waals surface area contributed by atoms with Gasteiger partial charge < -0.3 is 4.43 Å². The van der Waals surface area contributed by atoms with E-state index in [1.165, 1.54) is 0 Å². The highest BCUT2D eigenvalue weighted by Gasteiger charge is 2.39. The van der Waals surface area contributed by atoms with Gasteiger partial charge in [-0.15, -0.1) is 0 Å². The summed E-state index contributed by atoms with van der Waals surface area (Å²) in [6.45, 7) is 15.9. The van der Waals surface area contributed by atoms with E-state index >= 15 is 0 Å². The summed E-state index contributed by atoms with van der Waals surface area (Å²) in [6.07, 6.45) is 0. The Morgan fingerprint density at radius 3 is 1.77 bits per heavy atom. The highest BCUT2D eigenvalue weighted by atomic mass is 127. The van der Waals surface area contributed by atoms with Gasteiger partial charge in [-0.25, -0.2) is 0 Å². The first-order valence-corrected chi connectivity index (χ1v) is 9.05. The average Bonchev–Trinajstić information content (AvgIpc) is 1.83. The molecular formula is C10H23IOSi. The molecule has 0 spiro atoms. The van der Waals surface area contributed by atoms with Crippen LogP contribution in [0.2, 0.25) is 18.1 Å². The van der Waals surface area contributed by atoms with Gasteiger partial charge in [-0.3, -0.25) is 0 Å². The highest BCUT2D eigenvalue weighted by molar-refractivity contribution is 14.1. The Labute approximate surface area is 97.9 Å². The number of rotatable bonds is 3. The van der Waals surface area contributed by atoms with Gasteiger partial charge in [0.15, 0.2) is 8.32 Å². The number of halogens is 1. The van der Waals surface area contributed by atoms with Crippen LogP contribution in [0.3, 0.4) is 0 Å². The van der Waals surface area contributed by atoms with Gasteiger partial charge in [0.25, 0.3) is 0 Å². The Morgan fingerprint density at radius 2 is 1.54 bits per heavy atom. The minimum atomic E-state index is -1.54. The second kappa shape index (κ2) is 4.62. The third kappa shape index (κ3) is 4.30. The van der Waals surface area contributed by atoms with E-state index in [1.54, 1.807) is 0 Å². The van der Waals surface area contributed by atoms with E-state index in [0.717, 1.165) is 0 Å². The van der Waals surface area contributed by atoms with E-state index in [1.807, 2.05) is 0 Å². The fourth-order valence-corrected chi connectivity index (χ4v) is 3.69. The van der Waals surface area contributed by atoms with Gasteiger partial charge in [-0.1, -0.05) is 57.2 Å². The third-order valence-electron chi connectivity index (χ3n) is 2.74. The van der Waals surface area contributed by atoms with Gasteiger partial charge in [-0.2, -0.15) is 0 Å². The largest absolute Gasteiger partial charge is 0.405 e. The quantitative estimate of drug-likeness (QED) is 0.425. The molecule has 0 fully saturated rings. The lowest BCUT2D eigenvalue weighted by Gasteiger charge is -2.38. The Hall–Kier alpha value is 0.907. The zero-order chi connectivity index (χ0) is 10.9. The van der Waals surface area contributed by atoms with Gasteiger partial charge in [0.1, 0.15) is 0 Å². The van der Waals surface area contributed by atoms with Gasteiger partial charge in [-0.05, 0) is 24.1 Å². The Morgan fingerprint density at radius 1 is 1.15 bits per heavy atom. The van der Waals surface area contributed by atoms with Crippen LogP contribution in [0.4, 0.5) is 0 Å². The molecule has 0 amide bonds. The summed E-state index contributed by atoms with van der Waals surface area (Å²) >= 11 is 2.41. The first-order chi connectivity index (χ1) is 5.58. The number of alkyl halides is 1. The van der Waals surface area contributed by atoms with Crippen molar-refractivity contribution in [3.05, 3.63) is 0 Å². The van der Waals surface area contributed by atoms with E-state index in [0.29, 0.717) is 15.1 Å². The monoisotopic (exact) mass is 314 g/mol. The summed E-state index contributed by atoms with van der Waals surface area (Å²) in [5.74, 6) is 0.606. The third-order valence-corrected chi connectivity index (χ3v) is 9.37. The maximum absolute atomic E-state index is 6.19. The minimum Gasteiger partial charge on any atom is -0.405 e. The van der Waals surface area contributed by atoms with Crippen molar-refractivity contribution in [2.24, 2.45) is 5.92 Å². The molecule has 13 heavy (non-hydrogen) atoms. The van der Waals surface area contributed by atoms with E-state index in [2.05, 4.69) is 70.3 Å². The van der Waals surface area contributed by atoms with Crippen molar-refractivity contribution in [3.8, 4) is 0 Å². The first-order valence-electron chi connectivity index (χ1n) is 4.90. The van der Waals surface area contributed by atoms with Crippen molar-refractivity contribution in [3.63, 3.8) is 0 Å². The van der Waals surface area contributed by atoms with E-state index < -0.39 is 8.32 Å². The van der Waals surface area contributed by atoms with Gasteiger partial charge >= 0.3 is 0 Å². The fraction of sp³-hybridized carbons (Fsp3) is 1.00. The van der Waals surface area contributed by atoms with Crippen molar-refractivity contribution in [2.75, 3.05) is 0 Å². The molecule has 0 saturated carbocycles. The molecule has 3 heteroatoms. The molecule has 0 bridgehead atoms.